The molecule has 33 rings (SSSR count). The lowest BCUT2D eigenvalue weighted by Crippen LogP contribution is -2.51. The molecule has 0 unspecified atom stereocenters. The van der Waals surface area contributed by atoms with Crippen LogP contribution >= 0.6 is 0 Å². The smallest absolute Gasteiger partial charge is 0.102 e. The third-order valence-corrected chi connectivity index (χ3v) is 26.5. The average Bonchev–Trinajstić information content (AvgIpc) is 3.15. The van der Waals surface area contributed by atoms with Crippen LogP contribution in [0.25, 0.3) is 291 Å². The van der Waals surface area contributed by atoms with Crippen LogP contribution in [0.3, 0.4) is 0 Å². The average molecular weight is 925 g/mol. The summed E-state index contributed by atoms with van der Waals surface area (Å²) >= 11 is 0. The van der Waals surface area contributed by atoms with Gasteiger partial charge in [0.15, 0.2) is 0 Å². The molecule has 74 heavy (non-hydrogen) atoms. The summed E-state index contributed by atoms with van der Waals surface area (Å²) in [5.74, 6) is 0. The molecule has 4 aliphatic carbocycles. The Morgan fingerprint density at radius 1 is 0.243 bits per heavy atom. The van der Waals surface area contributed by atoms with E-state index in [0.29, 0.717) is 26.4 Å². The van der Waals surface area contributed by atoms with Crippen LogP contribution in [0, 0.1) is 0 Å². The van der Waals surface area contributed by atoms with Crippen molar-refractivity contribution >= 4 is 291 Å². The second-order valence-electron chi connectivity index (χ2n) is 27.4. The molecule has 4 heteroatoms. The van der Waals surface area contributed by atoms with Crippen molar-refractivity contribution in [3.63, 3.8) is 0 Å². The zero-order valence-corrected chi connectivity index (χ0v) is 39.3. The summed E-state index contributed by atoms with van der Waals surface area (Å²) in [6.07, 6.45) is 0. The van der Waals surface area contributed by atoms with E-state index in [9.17, 15) is 0 Å². The number of likely N-dealkylation sites (N-methyl/N-ethyl adjacent to an activating group) is 1. The van der Waals surface area contributed by atoms with E-state index in [1.807, 2.05) is 0 Å². The minimum absolute atomic E-state index is 0.198. The minimum Gasteiger partial charge on any atom is -0.382 e. The summed E-state index contributed by atoms with van der Waals surface area (Å²) in [5.41, 5.74) is 6.78. The number of nitrogens with zero attached hydrogens (tertiary/aromatic N) is 1. The van der Waals surface area contributed by atoms with E-state index in [0.717, 1.165) is 30.7 Å². The van der Waals surface area contributed by atoms with Crippen molar-refractivity contribution in [2.75, 3.05) is 66.8 Å². The predicted octanol–water partition coefficient (Wildman–Crippen LogP) is 16.4. The Hall–Kier alpha value is -7.70. The molecule has 5 aliphatic rings. The Kier molecular flexibility index (Phi) is 2.86. The highest BCUT2D eigenvalue weighted by molar-refractivity contribution is 6.82. The zero-order chi connectivity index (χ0) is 44.8. The number of benzene rings is 18. The largest absolute Gasteiger partial charge is 0.382 e. The summed E-state index contributed by atoms with van der Waals surface area (Å²) in [7, 11) is 4.43. The summed E-state index contributed by atoms with van der Waals surface area (Å²) in [4.78, 5) is 0. The number of rotatable bonds is 9. The molecule has 28 aromatic rings. The van der Waals surface area contributed by atoms with Crippen molar-refractivity contribution in [3.8, 4) is 0 Å². The molecule has 0 bridgehead atoms. The van der Waals surface area contributed by atoms with Crippen LogP contribution in [0.15, 0.2) is 0 Å². The Morgan fingerprint density at radius 2 is 0.405 bits per heavy atom. The molecular formula is C70H22NO3+. The second-order valence-corrected chi connectivity index (χ2v) is 27.4. The molecule has 0 N–H and O–H groups in total. The fourth-order valence-corrected chi connectivity index (χ4v) is 26.3. The van der Waals surface area contributed by atoms with Crippen molar-refractivity contribution in [2.45, 2.75) is 10.8 Å². The van der Waals surface area contributed by atoms with Gasteiger partial charge in [0.25, 0.3) is 0 Å². The van der Waals surface area contributed by atoms with Crippen LogP contribution in [-0.4, -0.2) is 71.3 Å². The molecule has 4 nitrogen and oxygen atoms in total. The third-order valence-electron chi connectivity index (χ3n) is 26.5. The predicted molar refractivity (Wildman–Crippen MR) is 308 cm³/mol. The summed E-state index contributed by atoms with van der Waals surface area (Å²) in [6.45, 7) is 6.47. The van der Waals surface area contributed by atoms with Gasteiger partial charge in [0, 0.05) is 7.11 Å². The van der Waals surface area contributed by atoms with Crippen molar-refractivity contribution in [2.24, 2.45) is 0 Å². The van der Waals surface area contributed by atoms with Gasteiger partial charge in [-0.2, -0.15) is 0 Å². The van der Waals surface area contributed by atoms with Crippen molar-refractivity contribution in [1.29, 1.82) is 0 Å². The Morgan fingerprint density at radius 3 is 0.595 bits per heavy atom. The Labute approximate surface area is 407 Å². The molecule has 0 atom stereocenters. The van der Waals surface area contributed by atoms with Crippen LogP contribution in [0.5, 0.6) is 0 Å². The lowest BCUT2D eigenvalue weighted by Gasteiger charge is -2.47. The minimum atomic E-state index is -0.198. The number of quaternary nitrogens is 1. The number of hydrogen-bond donors (Lipinski definition) is 0. The van der Waals surface area contributed by atoms with Gasteiger partial charge in [0.1, 0.15) is 6.54 Å². The van der Waals surface area contributed by atoms with Crippen LogP contribution in [0.4, 0.5) is 0 Å². The fourth-order valence-electron chi connectivity index (χ4n) is 26.3. The summed E-state index contributed by atoms with van der Waals surface area (Å²) in [5, 5.41) is 90.5. The molecule has 0 amide bonds. The summed E-state index contributed by atoms with van der Waals surface area (Å²) < 4.78 is 18.9. The van der Waals surface area contributed by atoms with Gasteiger partial charge in [-0.15, -0.1) is 0 Å². The van der Waals surface area contributed by atoms with E-state index in [1.54, 1.807) is 320 Å². The van der Waals surface area contributed by atoms with Gasteiger partial charge < -0.3 is 18.7 Å². The van der Waals surface area contributed by atoms with Gasteiger partial charge in [0.2, 0.25) is 0 Å². The van der Waals surface area contributed by atoms with Crippen molar-refractivity contribution < 1.29 is 18.7 Å². The standard InChI is InChI=1S/C70H22NO3/c1-71(3-4-73-7-8-74-6-5-72-2)9-69-65-57-49-39-29-21-13-11-12-15-19-17(13)25-33-27(19)37-31-23(15)24-16(12)20-18-14(11)22(21)30-36-26(18)34-28(20)38-32(24)42-41(31)51-45(37)55-47(33)53(43(49)35(25)29)61(65)63(55)67-59(51)60-52(42)46(38)56-48(34)54-44(36)50(40(30)39)58(57)66(69)62(54)64(56)68(60)70(67,69)10-71/h3-10H2,1-2H3/q+1. The molecule has 1 aliphatic heterocycles. The zero-order valence-electron chi connectivity index (χ0n) is 39.3. The molecule has 1 fully saturated rings. The van der Waals surface area contributed by atoms with Gasteiger partial charge in [-0.25, -0.2) is 0 Å². The first kappa shape index (κ1) is 29.9. The lowest BCUT2D eigenvalue weighted by atomic mass is 9.50. The van der Waals surface area contributed by atoms with Gasteiger partial charge in [-0.3, -0.25) is 0 Å². The topological polar surface area (TPSA) is 27.7 Å². The number of methoxy groups -OCH3 is 1. The number of hydrogen-bond acceptors (Lipinski definition) is 3. The molecule has 1 heterocycles. The normalized spacial score (nSPS) is 24.1. The van der Waals surface area contributed by atoms with Gasteiger partial charge >= 0.3 is 0 Å². The highest BCUT2D eigenvalue weighted by atomic mass is 16.5. The van der Waals surface area contributed by atoms with Crippen LogP contribution in [0.2, 0.25) is 0 Å². The maximum Gasteiger partial charge on any atom is 0.102 e. The molecular weight excluding hydrogens is 903 g/mol. The first-order valence-corrected chi connectivity index (χ1v) is 28.0. The first-order valence-electron chi connectivity index (χ1n) is 28.0. The van der Waals surface area contributed by atoms with E-state index >= 15 is 0 Å². The second kappa shape index (κ2) is 7.08. The molecule has 2 spiro atoms. The summed E-state index contributed by atoms with van der Waals surface area (Å²) in [6, 6.07) is 0. The van der Waals surface area contributed by atoms with Gasteiger partial charge in [-0.05, 0) is 313 Å². The van der Waals surface area contributed by atoms with E-state index in [2.05, 4.69) is 7.05 Å². The molecule has 0 saturated carbocycles. The maximum absolute atomic E-state index is 6.68. The van der Waals surface area contributed by atoms with E-state index in [1.165, 1.54) is 0 Å². The number of likely N-dealkylation sites (tertiary alicyclic amines) is 1. The number of ether oxygens (including phenoxy) is 3. The van der Waals surface area contributed by atoms with Crippen molar-refractivity contribution in [3.05, 3.63) is 22.3 Å². The van der Waals surface area contributed by atoms with Crippen molar-refractivity contribution in [1.82, 2.24) is 0 Å². The monoisotopic (exact) mass is 924 g/mol. The van der Waals surface area contributed by atoms with Gasteiger partial charge in [0.05, 0.1) is 64.0 Å². The molecule has 0 aromatic heterocycles. The maximum atomic E-state index is 6.68. The van der Waals surface area contributed by atoms with Crippen LogP contribution in [-0.2, 0) is 25.0 Å². The highest BCUT2D eigenvalue weighted by Crippen LogP contribution is 2.85. The third kappa shape index (κ3) is 1.71. The lowest BCUT2D eigenvalue weighted by molar-refractivity contribution is -0.900. The van der Waals surface area contributed by atoms with E-state index in [4.69, 9.17) is 14.2 Å². The SMILES string of the molecule is COCCOCCOCC[N+]1(C)CC23c4c5c6c7c8c9c(c%10c%11c2c2c4c4c%12c5c5c6c6c8c8c%13c9c9c%10c%10c%11c%11c2c2c4c4c%12c%12c5c5c6c8c6c8c%13c9c9c%10c%10c%11c2c2c4c4c%12c5c6c5c8c9c%10c2c45)C73C1. The molecule has 1 saturated heterocycles. The Balaban J connectivity index is 1.01. The molecule has 28 aromatic carbocycles. The molecule has 324 valence electrons. The quantitative estimate of drug-likeness (QED) is 0.0820. The fraction of sp³-hybridized carbons (Fsp3) is 0.171. The van der Waals surface area contributed by atoms with E-state index < -0.39 is 0 Å². The van der Waals surface area contributed by atoms with Crippen LogP contribution in [0.1, 0.15) is 22.3 Å². The molecule has 0 radical (unpaired) electrons. The highest BCUT2D eigenvalue weighted by Gasteiger charge is 2.76. The first-order chi connectivity index (χ1) is 36.7. The van der Waals surface area contributed by atoms with Crippen LogP contribution < -0.4 is 0 Å². The Bertz CT molecular complexity index is 6640. The van der Waals surface area contributed by atoms with Gasteiger partial charge in [-0.1, -0.05) is 0 Å². The van der Waals surface area contributed by atoms with E-state index in [-0.39, 0.29) is 10.8 Å².